The maximum absolute atomic E-state index is 12.9. The van der Waals surface area contributed by atoms with Gasteiger partial charge in [0.1, 0.15) is 18.4 Å². The Morgan fingerprint density at radius 2 is 1.75 bits per heavy atom. The van der Waals surface area contributed by atoms with Crippen LogP contribution in [-0.2, 0) is 30.9 Å². The second kappa shape index (κ2) is 10.2. The van der Waals surface area contributed by atoms with Gasteiger partial charge in [-0.05, 0) is 61.2 Å². The molecule has 0 radical (unpaired) electrons. The molecule has 12 heteroatoms. The first-order valence-electron chi connectivity index (χ1n) is 11.2. The first kappa shape index (κ1) is 25.5. The van der Waals surface area contributed by atoms with E-state index in [-0.39, 0.29) is 48.7 Å². The van der Waals surface area contributed by atoms with Crippen molar-refractivity contribution in [3.63, 3.8) is 0 Å². The number of nitrogens with zero attached hydrogens (tertiary/aromatic N) is 1. The smallest absolute Gasteiger partial charge is 0.294 e. The van der Waals surface area contributed by atoms with E-state index in [0.29, 0.717) is 12.2 Å². The summed E-state index contributed by atoms with van der Waals surface area (Å²) >= 11 is 0. The Bertz CT molecular complexity index is 1350. The molecule has 0 aliphatic carbocycles. The maximum atomic E-state index is 12.9. The van der Waals surface area contributed by atoms with Gasteiger partial charge in [0.15, 0.2) is 0 Å². The summed E-state index contributed by atoms with van der Waals surface area (Å²) in [5.41, 5.74) is 1.88. The number of aryl methyl sites for hydroxylation is 1. The van der Waals surface area contributed by atoms with E-state index < -0.39 is 39.8 Å². The van der Waals surface area contributed by atoms with Crippen LogP contribution in [0.5, 0.6) is 5.75 Å². The van der Waals surface area contributed by atoms with E-state index in [9.17, 15) is 32.1 Å². The highest BCUT2D eigenvalue weighted by Crippen LogP contribution is 2.30. The summed E-state index contributed by atoms with van der Waals surface area (Å²) < 4.78 is 43.0. The Morgan fingerprint density at radius 3 is 2.47 bits per heavy atom. The lowest BCUT2D eigenvalue weighted by Gasteiger charge is -2.27. The zero-order chi connectivity index (χ0) is 26.0. The second-order valence-electron chi connectivity index (χ2n) is 8.43. The van der Waals surface area contributed by atoms with Crippen molar-refractivity contribution in [2.45, 2.75) is 37.1 Å². The summed E-state index contributed by atoms with van der Waals surface area (Å²) in [6.07, 6.45) is 0.557. The number of piperidine rings is 1. The molecule has 1 unspecified atom stereocenters. The van der Waals surface area contributed by atoms with Gasteiger partial charge in [-0.1, -0.05) is 6.07 Å². The van der Waals surface area contributed by atoms with Gasteiger partial charge in [-0.2, -0.15) is 8.42 Å². The third-order valence-corrected chi connectivity index (χ3v) is 6.89. The predicted molar refractivity (Wildman–Crippen MR) is 124 cm³/mol. The van der Waals surface area contributed by atoms with E-state index in [0.717, 1.165) is 16.0 Å². The number of carbonyl (C=O) groups is 4. The molecule has 0 bridgehead atoms. The van der Waals surface area contributed by atoms with Crippen molar-refractivity contribution in [1.29, 1.82) is 0 Å². The zero-order valence-corrected chi connectivity index (χ0v) is 20.2. The van der Waals surface area contributed by atoms with Crippen molar-refractivity contribution in [3.8, 4) is 5.75 Å². The number of fused-ring (bicyclic) bond motifs is 1. The van der Waals surface area contributed by atoms with Crippen LogP contribution in [0.3, 0.4) is 0 Å². The highest BCUT2D eigenvalue weighted by Gasteiger charge is 2.44. The third kappa shape index (κ3) is 5.30. The van der Waals surface area contributed by atoms with E-state index in [4.69, 9.17) is 9.47 Å². The zero-order valence-electron chi connectivity index (χ0n) is 19.4. The fourth-order valence-electron chi connectivity index (χ4n) is 4.12. The van der Waals surface area contributed by atoms with E-state index in [1.807, 2.05) is 6.92 Å². The molecule has 2 aromatic carbocycles. The lowest BCUT2D eigenvalue weighted by molar-refractivity contribution is -0.136. The van der Waals surface area contributed by atoms with Crippen molar-refractivity contribution in [2.75, 3.05) is 19.8 Å². The molecule has 1 fully saturated rings. The molecule has 0 aromatic heterocycles. The van der Waals surface area contributed by atoms with Crippen molar-refractivity contribution in [1.82, 2.24) is 10.2 Å². The highest BCUT2D eigenvalue weighted by atomic mass is 32.2. The lowest BCUT2D eigenvalue weighted by atomic mass is 10.0. The average Bonchev–Trinajstić information content (AvgIpc) is 3.06. The van der Waals surface area contributed by atoms with E-state index in [1.54, 1.807) is 12.1 Å². The van der Waals surface area contributed by atoms with Crippen LogP contribution in [0.15, 0.2) is 41.3 Å². The van der Waals surface area contributed by atoms with Crippen LogP contribution >= 0.6 is 0 Å². The van der Waals surface area contributed by atoms with Gasteiger partial charge < -0.3 is 9.47 Å². The van der Waals surface area contributed by atoms with Crippen LogP contribution in [0, 0.1) is 6.92 Å². The predicted octanol–water partition coefficient (Wildman–Crippen LogP) is 1.28. The summed E-state index contributed by atoms with van der Waals surface area (Å²) in [4.78, 5) is 49.8. The molecule has 2 aromatic rings. The molecule has 0 saturated carbocycles. The summed E-state index contributed by atoms with van der Waals surface area (Å²) in [5.74, 6) is -1.97. The first-order chi connectivity index (χ1) is 17.1. The van der Waals surface area contributed by atoms with E-state index >= 15 is 0 Å². The summed E-state index contributed by atoms with van der Waals surface area (Å²) in [7, 11) is -4.28. The maximum Gasteiger partial charge on any atom is 0.294 e. The second-order valence-corrected chi connectivity index (χ2v) is 9.85. The average molecular weight is 517 g/mol. The number of hydrogen-bond acceptors (Lipinski definition) is 8. The largest absolute Gasteiger partial charge is 0.491 e. The molecule has 1 atom stereocenters. The minimum atomic E-state index is -4.28. The molecule has 1 saturated heterocycles. The molecule has 2 aliphatic heterocycles. The van der Waals surface area contributed by atoms with Crippen LogP contribution in [-0.4, -0.2) is 67.4 Å². The number of hydrogen-bond donors (Lipinski definition) is 2. The number of rotatable bonds is 9. The summed E-state index contributed by atoms with van der Waals surface area (Å²) in [6.45, 7) is 2.48. The van der Waals surface area contributed by atoms with Crippen molar-refractivity contribution in [2.24, 2.45) is 0 Å². The Kier molecular flexibility index (Phi) is 7.20. The molecule has 2 aliphatic rings. The number of imide groups is 2. The van der Waals surface area contributed by atoms with Gasteiger partial charge in [-0.25, -0.2) is 0 Å². The standard InChI is InChI=1S/C24H24N2O9S/c1-14-2-4-17(36(31,32)33)12-15(14)8-9-34-10-11-35-16-3-5-18-19(13-16)24(30)26(23(18)29)20-6-7-21(27)25-22(20)28/h2-5,12-13,20H,6-11H2,1H3,(H,25,27,28)(H,31,32,33). The Balaban J connectivity index is 1.29. The third-order valence-electron chi connectivity index (χ3n) is 6.04. The number of ether oxygens (including phenoxy) is 2. The first-order valence-corrected chi connectivity index (χ1v) is 12.6. The monoisotopic (exact) mass is 516 g/mol. The molecular weight excluding hydrogens is 492 g/mol. The van der Waals surface area contributed by atoms with Crippen molar-refractivity contribution < 1.29 is 41.6 Å². The van der Waals surface area contributed by atoms with Gasteiger partial charge in [0.2, 0.25) is 11.8 Å². The quantitative estimate of drug-likeness (QED) is 0.285. The Morgan fingerprint density at radius 1 is 1.00 bits per heavy atom. The molecule has 4 amide bonds. The summed E-state index contributed by atoms with van der Waals surface area (Å²) in [5, 5.41) is 2.15. The summed E-state index contributed by atoms with van der Waals surface area (Å²) in [6, 6.07) is 7.77. The van der Waals surface area contributed by atoms with Gasteiger partial charge in [0, 0.05) is 6.42 Å². The van der Waals surface area contributed by atoms with Gasteiger partial charge in [0.25, 0.3) is 21.9 Å². The minimum Gasteiger partial charge on any atom is -0.491 e. The van der Waals surface area contributed by atoms with Gasteiger partial charge in [0.05, 0.1) is 29.2 Å². The number of nitrogens with one attached hydrogen (secondary N) is 1. The van der Waals surface area contributed by atoms with Crippen LogP contribution < -0.4 is 10.1 Å². The van der Waals surface area contributed by atoms with Crippen LogP contribution in [0.2, 0.25) is 0 Å². The highest BCUT2D eigenvalue weighted by molar-refractivity contribution is 7.85. The lowest BCUT2D eigenvalue weighted by Crippen LogP contribution is -2.54. The van der Waals surface area contributed by atoms with Crippen molar-refractivity contribution in [3.05, 3.63) is 58.7 Å². The molecule has 4 rings (SSSR count). The van der Waals surface area contributed by atoms with Crippen molar-refractivity contribution >= 4 is 33.7 Å². The van der Waals surface area contributed by atoms with Crippen LogP contribution in [0.1, 0.15) is 44.7 Å². The minimum absolute atomic E-state index is 0.0453. The molecule has 190 valence electrons. The fourth-order valence-corrected chi connectivity index (χ4v) is 4.65. The number of benzene rings is 2. The Hall–Kier alpha value is -3.61. The number of carbonyl (C=O) groups excluding carboxylic acids is 4. The fraction of sp³-hybridized carbons (Fsp3) is 0.333. The SMILES string of the molecule is Cc1ccc(S(=O)(=O)O)cc1CCOCCOc1ccc2c(c1)C(=O)N(C1CCC(=O)NC1=O)C2=O. The van der Waals surface area contributed by atoms with E-state index in [1.165, 1.54) is 24.3 Å². The molecular formula is C24H24N2O9S. The molecule has 0 spiro atoms. The molecule has 2 heterocycles. The topological polar surface area (TPSA) is 156 Å². The number of amides is 4. The normalized spacial score (nSPS) is 17.8. The van der Waals surface area contributed by atoms with Gasteiger partial charge in [-0.3, -0.25) is 33.9 Å². The molecule has 36 heavy (non-hydrogen) atoms. The van der Waals surface area contributed by atoms with Gasteiger partial charge in [-0.15, -0.1) is 0 Å². The van der Waals surface area contributed by atoms with Crippen LogP contribution in [0.25, 0.3) is 0 Å². The Labute approximate surface area is 207 Å². The van der Waals surface area contributed by atoms with E-state index in [2.05, 4.69) is 5.32 Å². The van der Waals surface area contributed by atoms with Crippen LogP contribution in [0.4, 0.5) is 0 Å². The van der Waals surface area contributed by atoms with Gasteiger partial charge >= 0.3 is 0 Å². The molecule has 11 nitrogen and oxygen atoms in total. The molecule has 2 N–H and O–H groups in total.